The van der Waals surface area contributed by atoms with Gasteiger partial charge in [-0.1, -0.05) is 13.8 Å². The molecule has 1 rings (SSSR count). The molecule has 122 valence electrons. The highest BCUT2D eigenvalue weighted by Crippen LogP contribution is 2.17. The van der Waals surface area contributed by atoms with Crippen LogP contribution in [-0.2, 0) is 22.6 Å². The maximum atomic E-state index is 5.73. The molecule has 0 fully saturated rings. The summed E-state index contributed by atoms with van der Waals surface area (Å²) in [6.07, 6.45) is 0.867. The molecule has 21 heavy (non-hydrogen) atoms. The smallest absolute Gasteiger partial charge is 0.130 e. The Morgan fingerprint density at radius 3 is 2.67 bits per heavy atom. The highest BCUT2D eigenvalue weighted by Gasteiger charge is 2.16. The molecule has 0 spiro atoms. The number of ether oxygens (including phenoxy) is 2. The molecular weight excluding hydrogens is 266 g/mol. The van der Waals surface area contributed by atoms with E-state index in [0.717, 1.165) is 31.0 Å². The second-order valence-corrected chi connectivity index (χ2v) is 6.59. The summed E-state index contributed by atoms with van der Waals surface area (Å²) in [7, 11) is 1.73. The number of hydrogen-bond donors (Lipinski definition) is 1. The minimum Gasteiger partial charge on any atom is -0.464 e. The van der Waals surface area contributed by atoms with E-state index in [0.29, 0.717) is 19.1 Å². The molecule has 0 amide bonds. The molecule has 4 nitrogen and oxygen atoms in total. The van der Waals surface area contributed by atoms with Crippen LogP contribution in [0.3, 0.4) is 0 Å². The minimum absolute atomic E-state index is 0.134. The summed E-state index contributed by atoms with van der Waals surface area (Å²) in [5.41, 5.74) is 1.08. The average Bonchev–Trinajstić information content (AvgIpc) is 2.75. The first-order valence-electron chi connectivity index (χ1n) is 7.76. The molecule has 0 atom stereocenters. The molecule has 0 aromatic carbocycles. The van der Waals surface area contributed by atoms with E-state index in [2.05, 4.69) is 39.1 Å². The molecule has 0 aliphatic carbocycles. The topological polar surface area (TPSA) is 43.6 Å². The lowest BCUT2D eigenvalue weighted by atomic mass is 10.1. The lowest BCUT2D eigenvalue weighted by Crippen LogP contribution is -2.24. The summed E-state index contributed by atoms with van der Waals surface area (Å²) in [5, 5.41) is 3.43. The minimum atomic E-state index is -0.134. The van der Waals surface area contributed by atoms with Crippen molar-refractivity contribution in [3.05, 3.63) is 23.2 Å². The van der Waals surface area contributed by atoms with Gasteiger partial charge in [-0.25, -0.2) is 0 Å². The third-order valence-electron chi connectivity index (χ3n) is 3.59. The third-order valence-corrected chi connectivity index (χ3v) is 3.59. The monoisotopic (exact) mass is 297 g/mol. The van der Waals surface area contributed by atoms with E-state index in [1.54, 1.807) is 7.11 Å². The summed E-state index contributed by atoms with van der Waals surface area (Å²) in [5.74, 6) is 2.52. The van der Waals surface area contributed by atoms with Gasteiger partial charge in [-0.15, -0.1) is 0 Å². The Morgan fingerprint density at radius 2 is 2.05 bits per heavy atom. The van der Waals surface area contributed by atoms with E-state index in [-0.39, 0.29) is 5.60 Å². The zero-order valence-corrected chi connectivity index (χ0v) is 14.4. The quantitative estimate of drug-likeness (QED) is 0.669. The van der Waals surface area contributed by atoms with Crippen molar-refractivity contribution in [3.8, 4) is 0 Å². The highest BCUT2D eigenvalue weighted by atomic mass is 16.5. The van der Waals surface area contributed by atoms with Gasteiger partial charge in [0.05, 0.1) is 5.60 Å². The Labute approximate surface area is 129 Å². The lowest BCUT2D eigenvalue weighted by Gasteiger charge is -2.22. The van der Waals surface area contributed by atoms with Crippen LogP contribution in [0.2, 0.25) is 0 Å². The van der Waals surface area contributed by atoms with Crippen molar-refractivity contribution in [2.24, 2.45) is 5.92 Å². The van der Waals surface area contributed by atoms with Crippen molar-refractivity contribution in [3.63, 3.8) is 0 Å². The zero-order chi connectivity index (χ0) is 15.9. The van der Waals surface area contributed by atoms with Crippen LogP contribution < -0.4 is 5.32 Å². The van der Waals surface area contributed by atoms with E-state index < -0.39 is 0 Å². The van der Waals surface area contributed by atoms with Gasteiger partial charge in [-0.2, -0.15) is 0 Å². The lowest BCUT2D eigenvalue weighted by molar-refractivity contribution is -0.0143. The van der Waals surface area contributed by atoms with E-state index in [4.69, 9.17) is 13.9 Å². The van der Waals surface area contributed by atoms with Gasteiger partial charge in [-0.05, 0) is 45.7 Å². The van der Waals surface area contributed by atoms with Gasteiger partial charge in [0, 0.05) is 25.8 Å². The molecule has 0 saturated heterocycles. The first kappa shape index (κ1) is 18.2. The Morgan fingerprint density at radius 1 is 1.33 bits per heavy atom. The maximum absolute atomic E-state index is 5.73. The standard InChI is InChI=1S/C17H31NO3/c1-13(2)10-18-11-15-9-16(21-14(15)3)12-20-8-7-17(4,5)19-6/h9,13,18H,7-8,10-12H2,1-6H3. The summed E-state index contributed by atoms with van der Waals surface area (Å²) in [4.78, 5) is 0. The molecule has 0 radical (unpaired) electrons. The van der Waals surface area contributed by atoms with Crippen LogP contribution in [-0.4, -0.2) is 25.9 Å². The van der Waals surface area contributed by atoms with Crippen LogP contribution in [0.15, 0.2) is 10.5 Å². The molecule has 1 N–H and O–H groups in total. The fraction of sp³-hybridized carbons (Fsp3) is 0.765. The molecule has 0 aliphatic rings. The molecule has 0 bridgehead atoms. The number of furan rings is 1. The van der Waals surface area contributed by atoms with Crippen molar-refractivity contribution < 1.29 is 13.9 Å². The zero-order valence-electron chi connectivity index (χ0n) is 14.4. The predicted octanol–water partition coefficient (Wildman–Crippen LogP) is 3.67. The van der Waals surface area contributed by atoms with Gasteiger partial charge < -0.3 is 19.2 Å². The predicted molar refractivity (Wildman–Crippen MR) is 85.4 cm³/mol. The summed E-state index contributed by atoms with van der Waals surface area (Å²) in [6, 6.07) is 2.09. The van der Waals surface area contributed by atoms with Gasteiger partial charge in [0.25, 0.3) is 0 Å². The number of rotatable bonds is 10. The van der Waals surface area contributed by atoms with Crippen LogP contribution >= 0.6 is 0 Å². The Hall–Kier alpha value is -0.840. The van der Waals surface area contributed by atoms with Crippen molar-refractivity contribution in [2.45, 2.75) is 59.8 Å². The molecule has 0 saturated carbocycles. The van der Waals surface area contributed by atoms with E-state index in [1.807, 2.05) is 6.92 Å². The Kier molecular flexibility index (Phi) is 7.43. The van der Waals surface area contributed by atoms with Crippen molar-refractivity contribution >= 4 is 0 Å². The van der Waals surface area contributed by atoms with Crippen LogP contribution in [0.25, 0.3) is 0 Å². The van der Waals surface area contributed by atoms with Crippen molar-refractivity contribution in [1.29, 1.82) is 0 Å². The average molecular weight is 297 g/mol. The molecule has 0 unspecified atom stereocenters. The molecule has 1 aromatic rings. The van der Waals surface area contributed by atoms with Gasteiger partial charge in [-0.3, -0.25) is 0 Å². The molecule has 0 aliphatic heterocycles. The highest BCUT2D eigenvalue weighted by molar-refractivity contribution is 5.20. The molecule has 4 heteroatoms. The first-order chi connectivity index (χ1) is 9.84. The fourth-order valence-electron chi connectivity index (χ4n) is 1.92. The molecule has 1 aromatic heterocycles. The summed E-state index contributed by atoms with van der Waals surface area (Å²) < 4.78 is 16.8. The molecule has 1 heterocycles. The SMILES string of the molecule is COC(C)(C)CCOCc1cc(CNCC(C)C)c(C)o1. The summed E-state index contributed by atoms with van der Waals surface area (Å²) >= 11 is 0. The van der Waals surface area contributed by atoms with Crippen LogP contribution in [0.4, 0.5) is 0 Å². The van der Waals surface area contributed by atoms with Gasteiger partial charge >= 0.3 is 0 Å². The van der Waals surface area contributed by atoms with Gasteiger partial charge in [0.2, 0.25) is 0 Å². The van der Waals surface area contributed by atoms with Gasteiger partial charge in [0.1, 0.15) is 18.1 Å². The normalized spacial score (nSPS) is 12.3. The number of hydrogen-bond acceptors (Lipinski definition) is 4. The van der Waals surface area contributed by atoms with Crippen LogP contribution in [0.5, 0.6) is 0 Å². The van der Waals surface area contributed by atoms with Crippen LogP contribution in [0.1, 0.15) is 51.2 Å². The number of aryl methyl sites for hydroxylation is 1. The van der Waals surface area contributed by atoms with E-state index in [9.17, 15) is 0 Å². The Balaban J connectivity index is 2.33. The van der Waals surface area contributed by atoms with Crippen molar-refractivity contribution in [1.82, 2.24) is 5.32 Å². The largest absolute Gasteiger partial charge is 0.464 e. The first-order valence-corrected chi connectivity index (χ1v) is 7.76. The van der Waals surface area contributed by atoms with Crippen LogP contribution in [0, 0.1) is 12.8 Å². The Bertz CT molecular complexity index is 410. The van der Waals surface area contributed by atoms with E-state index in [1.165, 1.54) is 5.56 Å². The van der Waals surface area contributed by atoms with E-state index >= 15 is 0 Å². The third kappa shape index (κ3) is 7.11. The number of nitrogens with one attached hydrogen (secondary N) is 1. The molecular formula is C17H31NO3. The fourth-order valence-corrected chi connectivity index (χ4v) is 1.92. The van der Waals surface area contributed by atoms with Crippen molar-refractivity contribution in [2.75, 3.05) is 20.3 Å². The number of methoxy groups -OCH3 is 1. The van der Waals surface area contributed by atoms with Gasteiger partial charge in [0.15, 0.2) is 0 Å². The second-order valence-electron chi connectivity index (χ2n) is 6.59. The summed E-state index contributed by atoms with van der Waals surface area (Å²) in [6.45, 7) is 13.6. The second kappa shape index (κ2) is 8.57. The maximum Gasteiger partial charge on any atom is 0.130 e.